The van der Waals surface area contributed by atoms with Crippen molar-refractivity contribution in [2.24, 2.45) is 23.7 Å². The number of ether oxygens (including phenoxy) is 1. The molecule has 0 aromatic heterocycles. The van der Waals surface area contributed by atoms with Crippen molar-refractivity contribution >= 4 is 29.1 Å². The van der Waals surface area contributed by atoms with Gasteiger partial charge < -0.3 is 15.0 Å². The highest BCUT2D eigenvalue weighted by Gasteiger charge is 2.72. The van der Waals surface area contributed by atoms with E-state index in [-0.39, 0.29) is 23.0 Å². The molecule has 2 amide bonds. The fraction of sp³-hybridized carbons (Fsp3) is 0.517. The summed E-state index contributed by atoms with van der Waals surface area (Å²) < 4.78 is 44.5. The lowest BCUT2D eigenvalue weighted by Crippen LogP contribution is -2.59. The molecule has 2 aromatic carbocycles. The molecule has 4 unspecified atom stereocenters. The standard InChI is InChI=1S/C29H28ClF3N2O3/c30-23-12-22(34-26(36)15-1-4-21(5-2-15)29(31,32)33)6-3-16(23)9-17-7-8-35(27(17)37)24-19-10-18-11-20(24)14-28(13-19)25(18)38-28/h1-6,12,17-20,24-25H,7-11,13-14H2,(H,34,36). The number of amides is 2. The third kappa shape index (κ3) is 3.94. The second kappa shape index (κ2) is 8.46. The van der Waals surface area contributed by atoms with E-state index in [0.29, 0.717) is 47.0 Å². The molecule has 1 N–H and O–H groups in total. The van der Waals surface area contributed by atoms with Gasteiger partial charge in [0.2, 0.25) is 5.91 Å². The highest BCUT2D eigenvalue weighted by Crippen LogP contribution is 2.67. The third-order valence-electron chi connectivity index (χ3n) is 9.61. The number of hydrogen-bond donors (Lipinski definition) is 1. The molecule has 2 heterocycles. The van der Waals surface area contributed by atoms with Gasteiger partial charge in [0, 0.05) is 34.8 Å². The number of benzene rings is 2. The van der Waals surface area contributed by atoms with Gasteiger partial charge in [0.15, 0.2) is 0 Å². The number of rotatable bonds is 5. The molecular weight excluding hydrogens is 517 g/mol. The van der Waals surface area contributed by atoms with Crippen LogP contribution in [0.3, 0.4) is 0 Å². The van der Waals surface area contributed by atoms with Gasteiger partial charge in [-0.1, -0.05) is 17.7 Å². The zero-order chi connectivity index (χ0) is 26.4. The van der Waals surface area contributed by atoms with Crippen LogP contribution in [-0.2, 0) is 22.1 Å². The Bertz CT molecular complexity index is 1300. The lowest BCUT2D eigenvalue weighted by Gasteiger charge is -2.54. The summed E-state index contributed by atoms with van der Waals surface area (Å²) in [5.74, 6) is 1.40. The number of likely N-dealkylation sites (tertiary alicyclic amines) is 1. The summed E-state index contributed by atoms with van der Waals surface area (Å²) >= 11 is 6.54. The van der Waals surface area contributed by atoms with Crippen molar-refractivity contribution in [3.05, 3.63) is 64.2 Å². The van der Waals surface area contributed by atoms with E-state index >= 15 is 0 Å². The topological polar surface area (TPSA) is 61.9 Å². The zero-order valence-electron chi connectivity index (χ0n) is 20.6. The second-order valence-corrected chi connectivity index (χ2v) is 12.2. The van der Waals surface area contributed by atoms with Crippen molar-refractivity contribution in [3.63, 3.8) is 0 Å². The maximum Gasteiger partial charge on any atom is 0.416 e. The molecule has 200 valence electrons. The molecule has 5 nitrogen and oxygen atoms in total. The van der Waals surface area contributed by atoms with Crippen molar-refractivity contribution < 1.29 is 27.5 Å². The molecule has 2 saturated heterocycles. The van der Waals surface area contributed by atoms with Gasteiger partial charge in [-0.2, -0.15) is 13.2 Å². The number of carbonyl (C=O) groups is 2. The van der Waals surface area contributed by atoms with E-state index in [1.807, 2.05) is 6.07 Å². The Hall–Kier alpha value is -2.58. The van der Waals surface area contributed by atoms with Crippen LogP contribution in [0.4, 0.5) is 18.9 Å². The molecule has 6 fully saturated rings. The van der Waals surface area contributed by atoms with E-state index in [4.69, 9.17) is 16.3 Å². The van der Waals surface area contributed by atoms with E-state index in [1.165, 1.54) is 12.8 Å². The highest BCUT2D eigenvalue weighted by molar-refractivity contribution is 6.31. The summed E-state index contributed by atoms with van der Waals surface area (Å²) in [6.45, 7) is 0.794. The van der Waals surface area contributed by atoms with Crippen LogP contribution in [0.5, 0.6) is 0 Å². The van der Waals surface area contributed by atoms with Gasteiger partial charge >= 0.3 is 6.18 Å². The van der Waals surface area contributed by atoms with Crippen molar-refractivity contribution in [2.75, 3.05) is 11.9 Å². The minimum Gasteiger partial charge on any atom is -0.366 e. The molecule has 2 aliphatic heterocycles. The van der Waals surface area contributed by atoms with Crippen LogP contribution in [0.2, 0.25) is 5.02 Å². The number of nitrogens with zero attached hydrogens (tertiary/aromatic N) is 1. The average molecular weight is 545 g/mol. The molecule has 0 radical (unpaired) electrons. The van der Waals surface area contributed by atoms with E-state index in [0.717, 1.165) is 55.6 Å². The highest BCUT2D eigenvalue weighted by atomic mass is 35.5. The van der Waals surface area contributed by atoms with Crippen LogP contribution in [0, 0.1) is 23.7 Å². The van der Waals surface area contributed by atoms with Crippen LogP contribution in [0.1, 0.15) is 53.6 Å². The summed E-state index contributed by atoms with van der Waals surface area (Å²) in [4.78, 5) is 28.2. The molecule has 4 atom stereocenters. The monoisotopic (exact) mass is 544 g/mol. The third-order valence-corrected chi connectivity index (χ3v) is 9.96. The van der Waals surface area contributed by atoms with Crippen molar-refractivity contribution in [2.45, 2.75) is 62.4 Å². The first-order valence-corrected chi connectivity index (χ1v) is 13.7. The van der Waals surface area contributed by atoms with Crippen molar-refractivity contribution in [3.8, 4) is 0 Å². The Kier molecular flexibility index (Phi) is 5.44. The number of anilines is 1. The summed E-state index contributed by atoms with van der Waals surface area (Å²) in [7, 11) is 0. The van der Waals surface area contributed by atoms with Gasteiger partial charge in [0.1, 0.15) is 0 Å². The van der Waals surface area contributed by atoms with Gasteiger partial charge in [0.05, 0.1) is 17.3 Å². The number of halogens is 4. The molecule has 1 spiro atoms. The molecule has 4 aliphatic carbocycles. The second-order valence-electron chi connectivity index (χ2n) is 11.8. The van der Waals surface area contributed by atoms with Crippen molar-refractivity contribution in [1.29, 1.82) is 0 Å². The number of carbonyl (C=O) groups excluding carboxylic acids is 2. The summed E-state index contributed by atoms with van der Waals surface area (Å²) in [5.41, 5.74) is 0.735. The fourth-order valence-electron chi connectivity index (χ4n) is 8.06. The minimum atomic E-state index is -4.46. The van der Waals surface area contributed by atoms with Crippen LogP contribution in [-0.4, -0.2) is 41.0 Å². The Morgan fingerprint density at radius 3 is 2.42 bits per heavy atom. The molecule has 9 heteroatoms. The summed E-state index contributed by atoms with van der Waals surface area (Å²) in [6.07, 6.45) is 1.97. The van der Waals surface area contributed by atoms with Crippen LogP contribution < -0.4 is 5.32 Å². The average Bonchev–Trinajstić information content (AvgIpc) is 3.49. The maximum atomic E-state index is 13.5. The fourth-order valence-corrected chi connectivity index (χ4v) is 8.32. The van der Waals surface area contributed by atoms with E-state index in [1.54, 1.807) is 12.1 Å². The van der Waals surface area contributed by atoms with Crippen LogP contribution in [0.25, 0.3) is 0 Å². The number of nitrogens with one attached hydrogen (secondary N) is 1. The van der Waals surface area contributed by atoms with Crippen molar-refractivity contribution in [1.82, 2.24) is 4.90 Å². The van der Waals surface area contributed by atoms with Gasteiger partial charge in [-0.05, 0) is 98.2 Å². The predicted octanol–water partition coefficient (Wildman–Crippen LogP) is 5.96. The number of hydrogen-bond acceptors (Lipinski definition) is 3. The number of epoxide rings is 1. The Morgan fingerprint density at radius 2 is 1.79 bits per heavy atom. The number of alkyl halides is 3. The summed E-state index contributed by atoms with van der Waals surface area (Å²) in [5, 5.41) is 3.13. The first-order valence-electron chi connectivity index (χ1n) is 13.4. The van der Waals surface area contributed by atoms with Gasteiger partial charge in [-0.15, -0.1) is 0 Å². The minimum absolute atomic E-state index is 0.111. The zero-order valence-corrected chi connectivity index (χ0v) is 21.4. The predicted molar refractivity (Wildman–Crippen MR) is 135 cm³/mol. The summed E-state index contributed by atoms with van der Waals surface area (Å²) in [6, 6.07) is 9.54. The largest absolute Gasteiger partial charge is 0.416 e. The Labute approximate surface area is 223 Å². The van der Waals surface area contributed by atoms with Crippen LogP contribution >= 0.6 is 11.6 Å². The van der Waals surface area contributed by atoms with Gasteiger partial charge in [0.25, 0.3) is 5.91 Å². The smallest absolute Gasteiger partial charge is 0.366 e. The quantitative estimate of drug-likeness (QED) is 0.473. The molecule has 2 aromatic rings. The van der Waals surface area contributed by atoms with Crippen LogP contribution in [0.15, 0.2) is 42.5 Å². The molecule has 6 aliphatic rings. The van der Waals surface area contributed by atoms with E-state index < -0.39 is 17.6 Å². The Morgan fingerprint density at radius 1 is 1.08 bits per heavy atom. The molecule has 38 heavy (non-hydrogen) atoms. The molecule has 8 rings (SSSR count). The maximum absolute atomic E-state index is 13.5. The first-order chi connectivity index (χ1) is 18.1. The normalized spacial score (nSPS) is 34.9. The molecule has 4 bridgehead atoms. The van der Waals surface area contributed by atoms with Gasteiger partial charge in [-0.25, -0.2) is 0 Å². The first kappa shape index (κ1) is 24.5. The molecular formula is C29H28ClF3N2O3. The SMILES string of the molecule is O=C(Nc1ccc(CC2CCN(C3C4CC5CC3CC3(C4)OC53)C2=O)c(Cl)c1)c1ccc(C(F)(F)F)cc1. The van der Waals surface area contributed by atoms with E-state index in [9.17, 15) is 22.8 Å². The molecule has 4 saturated carbocycles. The van der Waals surface area contributed by atoms with Gasteiger partial charge in [-0.3, -0.25) is 9.59 Å². The lowest BCUT2D eigenvalue weighted by atomic mass is 9.54. The Balaban J connectivity index is 0.990. The lowest BCUT2D eigenvalue weighted by molar-refractivity contribution is -0.140. The van der Waals surface area contributed by atoms with E-state index in [2.05, 4.69) is 10.2 Å².